The third kappa shape index (κ3) is 4.28. The van der Waals surface area contributed by atoms with Crippen LogP contribution >= 0.6 is 11.6 Å². The normalized spacial score (nSPS) is 17.7. The molecule has 1 N–H and O–H groups in total. The van der Waals surface area contributed by atoms with Gasteiger partial charge in [-0.05, 0) is 18.6 Å². The highest BCUT2D eigenvalue weighted by Crippen LogP contribution is 2.48. The van der Waals surface area contributed by atoms with Crippen LogP contribution in [-0.4, -0.2) is 32.8 Å². The highest BCUT2D eigenvalue weighted by molar-refractivity contribution is 7.85. The Morgan fingerprint density at radius 3 is 2.64 bits per heavy atom. The number of rotatable bonds is 6. The van der Waals surface area contributed by atoms with Gasteiger partial charge in [-0.25, -0.2) is 4.68 Å². The van der Waals surface area contributed by atoms with Gasteiger partial charge in [0.1, 0.15) is 16.8 Å². The molecule has 0 fully saturated rings. The van der Waals surface area contributed by atoms with Crippen LogP contribution in [0.1, 0.15) is 43.0 Å². The molecule has 2 unspecified atom stereocenters. The van der Waals surface area contributed by atoms with Crippen molar-refractivity contribution in [1.29, 1.82) is 10.5 Å². The minimum atomic E-state index is -4.74. The Morgan fingerprint density at radius 2 is 2.09 bits per heavy atom. The lowest BCUT2D eigenvalue weighted by molar-refractivity contribution is -0.141. The van der Waals surface area contributed by atoms with Crippen LogP contribution in [-0.2, 0) is 32.0 Å². The summed E-state index contributed by atoms with van der Waals surface area (Å²) < 4.78 is 59.3. The van der Waals surface area contributed by atoms with Gasteiger partial charge in [0.15, 0.2) is 5.69 Å². The molecule has 33 heavy (non-hydrogen) atoms. The van der Waals surface area contributed by atoms with E-state index < -0.39 is 34.0 Å². The first-order valence-electron chi connectivity index (χ1n) is 9.58. The molecule has 0 saturated heterocycles. The van der Waals surface area contributed by atoms with E-state index in [1.165, 1.54) is 0 Å². The SMILES string of the molecule is CCS(=O)c1c(C#N)nn2c1NC(CC#N)(CCC(=O)OC)c1cc(C(F)(F)F)cc(Cl)c1-2. The van der Waals surface area contributed by atoms with Crippen molar-refractivity contribution < 1.29 is 26.9 Å². The minimum Gasteiger partial charge on any atom is -0.469 e. The molecule has 13 heteroatoms. The molecule has 0 amide bonds. The van der Waals surface area contributed by atoms with Gasteiger partial charge in [-0.15, -0.1) is 0 Å². The molecule has 0 aliphatic carbocycles. The summed E-state index contributed by atoms with van der Waals surface area (Å²) in [5, 5.41) is 25.9. The molecule has 0 saturated carbocycles. The lowest BCUT2D eigenvalue weighted by atomic mass is 9.79. The maximum Gasteiger partial charge on any atom is 0.416 e. The average Bonchev–Trinajstić information content (AvgIpc) is 3.14. The van der Waals surface area contributed by atoms with Crippen molar-refractivity contribution in [2.45, 2.75) is 42.8 Å². The fraction of sp³-hybridized carbons (Fsp3) is 0.400. The Hall–Kier alpha value is -3.09. The Balaban J connectivity index is 2.40. The Labute approximate surface area is 194 Å². The summed E-state index contributed by atoms with van der Waals surface area (Å²) in [6.07, 6.45) is -5.47. The molecule has 174 valence electrons. The number of nitrogens with one attached hydrogen (secondary N) is 1. The van der Waals surface area contributed by atoms with E-state index in [4.69, 9.17) is 11.6 Å². The van der Waals surface area contributed by atoms with Crippen molar-refractivity contribution in [2.75, 3.05) is 18.2 Å². The van der Waals surface area contributed by atoms with Crippen molar-refractivity contribution in [3.8, 4) is 17.8 Å². The quantitative estimate of drug-likeness (QED) is 0.595. The number of nitriles is 2. The number of nitrogens with zero attached hydrogens (tertiary/aromatic N) is 4. The molecule has 0 spiro atoms. The van der Waals surface area contributed by atoms with Crippen LogP contribution in [0.5, 0.6) is 0 Å². The van der Waals surface area contributed by atoms with E-state index in [1.807, 2.05) is 12.1 Å². The molecule has 3 rings (SSSR count). The second-order valence-corrected chi connectivity index (χ2v) is 9.24. The van der Waals surface area contributed by atoms with Crippen molar-refractivity contribution in [3.05, 3.63) is 34.0 Å². The predicted octanol–water partition coefficient (Wildman–Crippen LogP) is 4.03. The zero-order valence-electron chi connectivity index (χ0n) is 17.4. The third-order valence-electron chi connectivity index (χ3n) is 5.28. The molecule has 2 atom stereocenters. The summed E-state index contributed by atoms with van der Waals surface area (Å²) in [5.74, 6) is -0.431. The summed E-state index contributed by atoms with van der Waals surface area (Å²) >= 11 is 6.29. The molecule has 0 bridgehead atoms. The lowest BCUT2D eigenvalue weighted by Gasteiger charge is -2.40. The van der Waals surface area contributed by atoms with Crippen molar-refractivity contribution in [1.82, 2.24) is 9.78 Å². The fourth-order valence-electron chi connectivity index (χ4n) is 3.72. The van der Waals surface area contributed by atoms with Gasteiger partial charge in [-0.2, -0.15) is 28.8 Å². The minimum absolute atomic E-state index is 0.00869. The second kappa shape index (κ2) is 9.04. The van der Waals surface area contributed by atoms with Crippen LogP contribution in [0, 0.1) is 22.7 Å². The van der Waals surface area contributed by atoms with E-state index in [2.05, 4.69) is 15.2 Å². The van der Waals surface area contributed by atoms with Gasteiger partial charge in [-0.3, -0.25) is 9.00 Å². The van der Waals surface area contributed by atoms with Crippen molar-refractivity contribution in [2.24, 2.45) is 0 Å². The number of fused-ring (bicyclic) bond motifs is 3. The molecule has 0 radical (unpaired) electrons. The molecular formula is C20H17ClF3N5O3S. The first kappa shape index (κ1) is 24.6. The predicted molar refractivity (Wildman–Crippen MR) is 112 cm³/mol. The first-order valence-corrected chi connectivity index (χ1v) is 11.3. The monoisotopic (exact) mass is 499 g/mol. The van der Waals surface area contributed by atoms with E-state index in [0.717, 1.165) is 23.9 Å². The summed E-state index contributed by atoms with van der Waals surface area (Å²) in [6, 6.07) is 5.35. The van der Waals surface area contributed by atoms with Crippen molar-refractivity contribution in [3.63, 3.8) is 0 Å². The number of esters is 1. The Morgan fingerprint density at radius 1 is 1.39 bits per heavy atom. The van der Waals surface area contributed by atoms with Crippen LogP contribution in [0.4, 0.5) is 19.0 Å². The van der Waals surface area contributed by atoms with Gasteiger partial charge in [0.25, 0.3) is 0 Å². The highest BCUT2D eigenvalue weighted by atomic mass is 35.5. The molecule has 1 aromatic heterocycles. The van der Waals surface area contributed by atoms with E-state index in [-0.39, 0.29) is 57.7 Å². The van der Waals surface area contributed by atoms with Gasteiger partial charge in [0.05, 0.1) is 52.2 Å². The van der Waals surface area contributed by atoms with E-state index >= 15 is 0 Å². The number of halogens is 4. The molecule has 1 aromatic carbocycles. The number of hydrogen-bond acceptors (Lipinski definition) is 7. The van der Waals surface area contributed by atoms with E-state index in [1.54, 1.807) is 6.92 Å². The number of carbonyl (C=O) groups excluding carboxylic acids is 1. The molecular weight excluding hydrogens is 483 g/mol. The van der Waals surface area contributed by atoms with Crippen LogP contribution in [0.25, 0.3) is 5.69 Å². The van der Waals surface area contributed by atoms with Gasteiger partial charge in [-0.1, -0.05) is 18.5 Å². The highest BCUT2D eigenvalue weighted by Gasteiger charge is 2.45. The van der Waals surface area contributed by atoms with E-state index in [0.29, 0.717) is 0 Å². The number of aromatic nitrogens is 2. The van der Waals surface area contributed by atoms with Crippen LogP contribution in [0.3, 0.4) is 0 Å². The zero-order valence-corrected chi connectivity index (χ0v) is 19.0. The van der Waals surface area contributed by atoms with Gasteiger partial charge >= 0.3 is 12.1 Å². The van der Waals surface area contributed by atoms with Crippen molar-refractivity contribution >= 4 is 34.2 Å². The number of anilines is 1. The maximum atomic E-state index is 13.6. The third-order valence-corrected chi connectivity index (χ3v) is 6.93. The average molecular weight is 500 g/mol. The summed E-state index contributed by atoms with van der Waals surface area (Å²) in [6.45, 7) is 1.63. The fourth-order valence-corrected chi connectivity index (χ4v) is 4.97. The van der Waals surface area contributed by atoms with Crippen LogP contribution in [0.15, 0.2) is 17.0 Å². The topological polar surface area (TPSA) is 121 Å². The van der Waals surface area contributed by atoms with E-state index in [9.17, 15) is 32.7 Å². The van der Waals surface area contributed by atoms with Gasteiger partial charge in [0.2, 0.25) is 0 Å². The Kier molecular flexibility index (Phi) is 6.73. The molecule has 1 aliphatic heterocycles. The second-order valence-electron chi connectivity index (χ2n) is 7.15. The summed E-state index contributed by atoms with van der Waals surface area (Å²) in [4.78, 5) is 11.9. The first-order chi connectivity index (χ1) is 15.5. The number of carbonyl (C=O) groups is 1. The molecule has 2 heterocycles. The molecule has 8 nitrogen and oxygen atoms in total. The number of methoxy groups -OCH3 is 1. The summed E-state index contributed by atoms with van der Waals surface area (Å²) in [7, 11) is -0.516. The standard InChI is InChI=1S/C20H17ClF3N5O3S/c1-3-33(31)17-14(10-26)28-29-16-12(8-11(9-13(16)21)20(22,23)24)19(6-7-25,27-18(17)29)5-4-15(30)32-2/h8-9,27H,3-6H2,1-2H3. The van der Waals surface area contributed by atoms with Crippen LogP contribution in [0.2, 0.25) is 5.02 Å². The zero-order chi connectivity index (χ0) is 24.6. The van der Waals surface area contributed by atoms with Gasteiger partial charge < -0.3 is 10.1 Å². The smallest absolute Gasteiger partial charge is 0.416 e. The summed E-state index contributed by atoms with van der Waals surface area (Å²) in [5.41, 5.74) is -2.80. The molecule has 1 aliphatic rings. The number of hydrogen-bond donors (Lipinski definition) is 1. The largest absolute Gasteiger partial charge is 0.469 e. The lowest BCUT2D eigenvalue weighted by Crippen LogP contribution is -2.41. The number of benzene rings is 1. The number of alkyl halides is 3. The van der Waals surface area contributed by atoms with Gasteiger partial charge in [0, 0.05) is 17.7 Å². The Bertz CT molecular complexity index is 1230. The number of ether oxygens (including phenoxy) is 1. The van der Waals surface area contributed by atoms with Crippen LogP contribution < -0.4 is 5.32 Å². The molecule has 2 aromatic rings. The maximum absolute atomic E-state index is 13.6.